The molecule has 0 amide bonds. The molecule has 0 saturated heterocycles. The Morgan fingerprint density at radius 2 is 2.14 bits per heavy atom. The largest absolute Gasteiger partial charge is 0.448 e. The average Bonchev–Trinajstić information content (AvgIpc) is 3.02. The van der Waals surface area contributed by atoms with Gasteiger partial charge in [-0.15, -0.1) is 0 Å². The van der Waals surface area contributed by atoms with Gasteiger partial charge in [-0.2, -0.15) is 4.98 Å². The lowest BCUT2D eigenvalue weighted by atomic mass is 9.77. The summed E-state index contributed by atoms with van der Waals surface area (Å²) in [6.07, 6.45) is 2.67. The van der Waals surface area contributed by atoms with Crippen LogP contribution < -0.4 is 10.5 Å². The molecule has 0 aromatic carbocycles. The summed E-state index contributed by atoms with van der Waals surface area (Å²) in [6, 6.07) is 1.36. The minimum absolute atomic E-state index is 0.191. The standard InChI is InChI=1S/C12H16N4O4S/c1-7-8(6-9(19-7)21(17,18)14-2)10-15-11(16-20-10)12(13)4-3-5-12/h6,14H,3-5,13H2,1-2H3. The minimum Gasteiger partial charge on any atom is -0.448 e. The third-order valence-corrected chi connectivity index (χ3v) is 5.04. The summed E-state index contributed by atoms with van der Waals surface area (Å²) in [5.41, 5.74) is 6.06. The number of aromatic nitrogens is 2. The van der Waals surface area contributed by atoms with Gasteiger partial charge in [-0.05, 0) is 33.2 Å². The topological polar surface area (TPSA) is 124 Å². The summed E-state index contributed by atoms with van der Waals surface area (Å²) in [4.78, 5) is 4.28. The van der Waals surface area contributed by atoms with Gasteiger partial charge in [0.1, 0.15) is 5.76 Å². The first-order chi connectivity index (χ1) is 9.86. The maximum atomic E-state index is 11.7. The van der Waals surface area contributed by atoms with E-state index in [1.165, 1.54) is 13.1 Å². The molecule has 3 rings (SSSR count). The molecule has 0 atom stereocenters. The zero-order valence-corrected chi connectivity index (χ0v) is 12.5. The van der Waals surface area contributed by atoms with Gasteiger partial charge in [-0.1, -0.05) is 5.16 Å². The van der Waals surface area contributed by atoms with Crippen LogP contribution in [0.5, 0.6) is 0 Å². The van der Waals surface area contributed by atoms with Crippen LogP contribution in [0.4, 0.5) is 0 Å². The molecular formula is C12H16N4O4S. The zero-order valence-electron chi connectivity index (χ0n) is 11.7. The van der Waals surface area contributed by atoms with Crippen molar-refractivity contribution in [2.24, 2.45) is 5.73 Å². The van der Waals surface area contributed by atoms with Crippen LogP contribution in [0, 0.1) is 6.92 Å². The van der Waals surface area contributed by atoms with Gasteiger partial charge in [0.05, 0.1) is 11.1 Å². The molecule has 0 spiro atoms. The van der Waals surface area contributed by atoms with Gasteiger partial charge in [0.15, 0.2) is 5.82 Å². The monoisotopic (exact) mass is 312 g/mol. The minimum atomic E-state index is -3.65. The molecule has 0 radical (unpaired) electrons. The summed E-state index contributed by atoms with van der Waals surface area (Å²) in [7, 11) is -2.34. The van der Waals surface area contributed by atoms with E-state index in [4.69, 9.17) is 14.7 Å². The molecule has 3 N–H and O–H groups in total. The summed E-state index contributed by atoms with van der Waals surface area (Å²) in [6.45, 7) is 1.63. The molecular weight excluding hydrogens is 296 g/mol. The normalized spacial score (nSPS) is 17.7. The number of nitrogens with one attached hydrogen (secondary N) is 1. The van der Waals surface area contributed by atoms with Crippen LogP contribution in [0.1, 0.15) is 30.8 Å². The molecule has 2 heterocycles. The van der Waals surface area contributed by atoms with Gasteiger partial charge in [0, 0.05) is 6.07 Å². The first-order valence-corrected chi connectivity index (χ1v) is 8.01. The molecule has 1 aliphatic rings. The van der Waals surface area contributed by atoms with E-state index in [2.05, 4.69) is 14.9 Å². The third kappa shape index (κ3) is 2.27. The Labute approximate surface area is 121 Å². The van der Waals surface area contributed by atoms with Gasteiger partial charge in [0.25, 0.3) is 15.9 Å². The van der Waals surface area contributed by atoms with Crippen molar-refractivity contribution in [2.75, 3.05) is 7.05 Å². The average molecular weight is 312 g/mol. The molecule has 2 aromatic rings. The highest BCUT2D eigenvalue weighted by atomic mass is 32.2. The second-order valence-electron chi connectivity index (χ2n) is 5.18. The number of nitrogens with two attached hydrogens (primary N) is 1. The predicted octanol–water partition coefficient (Wildman–Crippen LogP) is 0.884. The molecule has 1 aliphatic carbocycles. The van der Waals surface area contributed by atoms with Gasteiger partial charge in [-0.3, -0.25) is 0 Å². The van der Waals surface area contributed by atoms with Crippen LogP contribution in [-0.2, 0) is 15.6 Å². The summed E-state index contributed by atoms with van der Waals surface area (Å²) in [5.74, 6) is 1.04. The van der Waals surface area contributed by atoms with E-state index < -0.39 is 15.6 Å². The lowest BCUT2D eigenvalue weighted by molar-refractivity contribution is 0.229. The van der Waals surface area contributed by atoms with E-state index in [1.54, 1.807) is 6.92 Å². The van der Waals surface area contributed by atoms with Crippen LogP contribution >= 0.6 is 0 Å². The van der Waals surface area contributed by atoms with Gasteiger partial charge in [0.2, 0.25) is 5.09 Å². The van der Waals surface area contributed by atoms with Crippen LogP contribution in [0.3, 0.4) is 0 Å². The smallest absolute Gasteiger partial charge is 0.273 e. The first-order valence-electron chi connectivity index (χ1n) is 6.53. The highest BCUT2D eigenvalue weighted by Gasteiger charge is 2.39. The van der Waals surface area contributed by atoms with Crippen molar-refractivity contribution >= 4 is 10.0 Å². The number of furan rings is 1. The second-order valence-corrected chi connectivity index (χ2v) is 6.99. The molecule has 2 aromatic heterocycles. The van der Waals surface area contributed by atoms with Gasteiger partial charge in [-0.25, -0.2) is 13.1 Å². The Morgan fingerprint density at radius 1 is 1.43 bits per heavy atom. The maximum Gasteiger partial charge on any atom is 0.273 e. The van der Waals surface area contributed by atoms with Crippen LogP contribution in [-0.4, -0.2) is 25.6 Å². The van der Waals surface area contributed by atoms with E-state index in [1.807, 2.05) is 0 Å². The highest BCUT2D eigenvalue weighted by Crippen LogP contribution is 2.38. The lowest BCUT2D eigenvalue weighted by Gasteiger charge is -2.34. The van der Waals surface area contributed by atoms with Crippen molar-refractivity contribution in [3.05, 3.63) is 17.7 Å². The maximum absolute atomic E-state index is 11.7. The summed E-state index contributed by atoms with van der Waals surface area (Å²) < 4.78 is 36.1. The fourth-order valence-electron chi connectivity index (χ4n) is 2.22. The summed E-state index contributed by atoms with van der Waals surface area (Å²) in [5, 5.41) is 3.71. The second kappa shape index (κ2) is 4.65. The lowest BCUT2D eigenvalue weighted by Crippen LogP contribution is -2.44. The highest BCUT2D eigenvalue weighted by molar-refractivity contribution is 7.89. The molecule has 0 bridgehead atoms. The Morgan fingerprint density at radius 3 is 2.71 bits per heavy atom. The van der Waals surface area contributed by atoms with E-state index in [0.717, 1.165) is 19.3 Å². The van der Waals surface area contributed by atoms with Crippen molar-refractivity contribution < 1.29 is 17.4 Å². The van der Waals surface area contributed by atoms with Crippen molar-refractivity contribution in [3.63, 3.8) is 0 Å². The first kappa shape index (κ1) is 14.2. The van der Waals surface area contributed by atoms with Crippen molar-refractivity contribution in [1.29, 1.82) is 0 Å². The van der Waals surface area contributed by atoms with E-state index >= 15 is 0 Å². The molecule has 0 aliphatic heterocycles. The molecule has 21 heavy (non-hydrogen) atoms. The Kier molecular flexibility index (Phi) is 3.15. The summed E-state index contributed by atoms with van der Waals surface area (Å²) >= 11 is 0. The number of aryl methyl sites for hydroxylation is 1. The predicted molar refractivity (Wildman–Crippen MR) is 72.7 cm³/mol. The number of sulfonamides is 1. The Bertz CT molecular complexity index is 773. The number of nitrogens with zero attached hydrogens (tertiary/aromatic N) is 2. The zero-order chi connectivity index (χ0) is 15.3. The quantitative estimate of drug-likeness (QED) is 0.858. The van der Waals surface area contributed by atoms with E-state index in [0.29, 0.717) is 17.1 Å². The Balaban J connectivity index is 1.98. The number of rotatable bonds is 4. The van der Waals surface area contributed by atoms with E-state index in [9.17, 15) is 8.42 Å². The molecule has 0 unspecified atom stereocenters. The van der Waals surface area contributed by atoms with Crippen LogP contribution in [0.25, 0.3) is 11.5 Å². The molecule has 1 fully saturated rings. The van der Waals surface area contributed by atoms with E-state index in [-0.39, 0.29) is 11.0 Å². The number of hydrogen-bond acceptors (Lipinski definition) is 7. The molecule has 1 saturated carbocycles. The molecule has 9 heteroatoms. The van der Waals surface area contributed by atoms with Crippen molar-refractivity contribution in [2.45, 2.75) is 36.8 Å². The third-order valence-electron chi connectivity index (χ3n) is 3.78. The van der Waals surface area contributed by atoms with Gasteiger partial charge < -0.3 is 14.7 Å². The van der Waals surface area contributed by atoms with Crippen LogP contribution in [0.2, 0.25) is 0 Å². The number of hydrogen-bond donors (Lipinski definition) is 2. The Hall–Kier alpha value is -1.71. The van der Waals surface area contributed by atoms with Crippen molar-refractivity contribution in [3.8, 4) is 11.5 Å². The van der Waals surface area contributed by atoms with Gasteiger partial charge >= 0.3 is 0 Å². The fraction of sp³-hybridized carbons (Fsp3) is 0.500. The molecule has 8 nitrogen and oxygen atoms in total. The van der Waals surface area contributed by atoms with Crippen molar-refractivity contribution in [1.82, 2.24) is 14.9 Å². The molecule has 114 valence electrons. The fourth-order valence-corrected chi connectivity index (χ4v) is 2.93. The van der Waals surface area contributed by atoms with Crippen LogP contribution in [0.15, 0.2) is 20.1 Å². The SMILES string of the molecule is CNS(=O)(=O)c1cc(-c2nc(C3(N)CCC3)no2)c(C)o1.